The molecule has 0 radical (unpaired) electrons. The maximum atomic E-state index is 15.0. The average Bonchev–Trinajstić information content (AvgIpc) is 3.46. The highest BCUT2D eigenvalue weighted by Gasteiger charge is 2.52. The molecule has 1 aromatic heterocycles. The summed E-state index contributed by atoms with van der Waals surface area (Å²) in [5, 5.41) is 1.19. The van der Waals surface area contributed by atoms with Gasteiger partial charge in [0.25, 0.3) is 0 Å². The molecule has 7 rings (SSSR count). The Hall–Kier alpha value is -3.32. The highest BCUT2D eigenvalue weighted by molar-refractivity contribution is 6.00. The predicted octanol–water partition coefficient (Wildman–Crippen LogP) is 6.58. The van der Waals surface area contributed by atoms with E-state index in [1.165, 1.54) is 54.1 Å². The summed E-state index contributed by atoms with van der Waals surface area (Å²) < 4.78 is 13.3. The zero-order valence-corrected chi connectivity index (χ0v) is 26.3. The van der Waals surface area contributed by atoms with Crippen molar-refractivity contribution < 1.29 is 19.1 Å². The van der Waals surface area contributed by atoms with Gasteiger partial charge >= 0.3 is 5.97 Å². The Morgan fingerprint density at radius 1 is 0.930 bits per heavy atom. The van der Waals surface area contributed by atoms with Crippen LogP contribution in [0.15, 0.2) is 36.4 Å². The minimum Gasteiger partial charge on any atom is -0.497 e. The van der Waals surface area contributed by atoms with E-state index in [0.29, 0.717) is 18.0 Å². The Labute approximate surface area is 255 Å². The first kappa shape index (κ1) is 28.5. The summed E-state index contributed by atoms with van der Waals surface area (Å²) in [5.74, 6) is 1.14. The van der Waals surface area contributed by atoms with Crippen LogP contribution < -0.4 is 4.74 Å². The first-order valence-corrected chi connectivity index (χ1v) is 16.2. The molecular formula is C36H45N3O4. The molecular weight excluding hydrogens is 538 g/mol. The number of nitrogens with zero attached hydrogens (tertiary/aromatic N) is 3. The van der Waals surface area contributed by atoms with Crippen LogP contribution in [-0.4, -0.2) is 72.7 Å². The van der Waals surface area contributed by atoms with Crippen molar-refractivity contribution in [1.82, 2.24) is 14.4 Å². The number of carbonyl (C=O) groups is 2. The molecule has 4 aliphatic rings. The van der Waals surface area contributed by atoms with Crippen LogP contribution in [0.4, 0.5) is 0 Å². The molecule has 0 N–H and O–H groups in total. The Balaban J connectivity index is 1.48. The van der Waals surface area contributed by atoms with Gasteiger partial charge in [0, 0.05) is 48.2 Å². The number of benzene rings is 2. The number of aromatic nitrogens is 1. The van der Waals surface area contributed by atoms with Gasteiger partial charge in [-0.3, -0.25) is 4.79 Å². The summed E-state index contributed by atoms with van der Waals surface area (Å²) in [4.78, 5) is 32.4. The lowest BCUT2D eigenvalue weighted by Crippen LogP contribution is -2.59. The topological polar surface area (TPSA) is 64.0 Å². The molecule has 2 bridgehead atoms. The summed E-state index contributed by atoms with van der Waals surface area (Å²) >= 11 is 0. The molecule has 4 heterocycles. The molecule has 0 spiro atoms. The predicted molar refractivity (Wildman–Crippen MR) is 169 cm³/mol. The summed E-state index contributed by atoms with van der Waals surface area (Å²) in [7, 11) is 5.33. The molecule has 1 saturated carbocycles. The van der Waals surface area contributed by atoms with Gasteiger partial charge in [0.1, 0.15) is 5.75 Å². The van der Waals surface area contributed by atoms with Crippen molar-refractivity contribution in [1.29, 1.82) is 0 Å². The fourth-order valence-corrected chi connectivity index (χ4v) is 8.92. The highest BCUT2D eigenvalue weighted by atomic mass is 16.5. The average molecular weight is 584 g/mol. The van der Waals surface area contributed by atoms with Crippen molar-refractivity contribution in [2.75, 3.05) is 34.4 Å². The molecule has 2 unspecified atom stereocenters. The monoisotopic (exact) mass is 583 g/mol. The SMILES string of the molecule is COC(=O)c1ccc2c(C3CCCCC3)c3n(c2c1)C[C@](C)(C(=O)N1C2CCC1CN(C)C2)[C@@H](C)c1cc(OC)ccc1-3. The third kappa shape index (κ3) is 4.41. The number of hydrogen-bond donors (Lipinski definition) is 0. The third-order valence-corrected chi connectivity index (χ3v) is 11.3. The van der Waals surface area contributed by atoms with Gasteiger partial charge in [0.15, 0.2) is 0 Å². The van der Waals surface area contributed by atoms with Crippen LogP contribution in [0.2, 0.25) is 0 Å². The van der Waals surface area contributed by atoms with Gasteiger partial charge in [-0.25, -0.2) is 4.79 Å². The maximum Gasteiger partial charge on any atom is 0.337 e. The van der Waals surface area contributed by atoms with Gasteiger partial charge in [-0.05, 0) is 92.9 Å². The van der Waals surface area contributed by atoms with Gasteiger partial charge in [0.05, 0.1) is 30.9 Å². The van der Waals surface area contributed by atoms with Crippen LogP contribution in [0.25, 0.3) is 22.2 Å². The molecule has 3 aliphatic heterocycles. The largest absolute Gasteiger partial charge is 0.497 e. The van der Waals surface area contributed by atoms with E-state index >= 15 is 4.79 Å². The normalized spacial score (nSPS) is 27.5. The summed E-state index contributed by atoms with van der Waals surface area (Å²) in [5.41, 5.74) is 5.82. The van der Waals surface area contributed by atoms with Gasteiger partial charge in [0.2, 0.25) is 5.91 Å². The molecule has 1 aliphatic carbocycles. The number of likely N-dealkylation sites (N-methyl/N-ethyl adjacent to an activating group) is 1. The fraction of sp³-hybridized carbons (Fsp3) is 0.556. The molecule has 1 amide bonds. The summed E-state index contributed by atoms with van der Waals surface area (Å²) in [6.45, 7) is 6.85. The molecule has 4 atom stereocenters. The number of fused-ring (bicyclic) bond motifs is 7. The number of piperazine rings is 1. The molecule has 7 heteroatoms. The Morgan fingerprint density at radius 3 is 2.33 bits per heavy atom. The quantitative estimate of drug-likeness (QED) is 0.325. The maximum absolute atomic E-state index is 15.0. The van der Waals surface area contributed by atoms with Crippen LogP contribution in [-0.2, 0) is 16.1 Å². The lowest BCUT2D eigenvalue weighted by Gasteiger charge is -2.45. The number of carbonyl (C=O) groups excluding carboxylic acids is 2. The number of esters is 1. The van der Waals surface area contributed by atoms with Crippen LogP contribution in [0, 0.1) is 5.41 Å². The van der Waals surface area contributed by atoms with E-state index in [4.69, 9.17) is 9.47 Å². The van der Waals surface area contributed by atoms with Crippen molar-refractivity contribution in [2.45, 2.75) is 89.3 Å². The Bertz CT molecular complexity index is 1570. The zero-order valence-electron chi connectivity index (χ0n) is 26.3. The first-order valence-electron chi connectivity index (χ1n) is 16.2. The van der Waals surface area contributed by atoms with Gasteiger partial charge < -0.3 is 23.8 Å². The van der Waals surface area contributed by atoms with Crippen molar-refractivity contribution in [2.24, 2.45) is 5.41 Å². The molecule has 3 fully saturated rings. The van der Waals surface area contributed by atoms with Crippen LogP contribution in [0.1, 0.15) is 92.1 Å². The number of ether oxygens (including phenoxy) is 2. The molecule has 2 aromatic carbocycles. The minimum absolute atomic E-state index is 0.0397. The van der Waals surface area contributed by atoms with Crippen molar-refractivity contribution in [3.05, 3.63) is 53.1 Å². The van der Waals surface area contributed by atoms with Gasteiger partial charge in [-0.1, -0.05) is 32.3 Å². The second kappa shape index (κ2) is 10.7. The molecule has 2 saturated heterocycles. The van der Waals surface area contributed by atoms with Crippen LogP contribution >= 0.6 is 0 Å². The number of methoxy groups -OCH3 is 2. The van der Waals surface area contributed by atoms with E-state index in [-0.39, 0.29) is 29.9 Å². The molecule has 228 valence electrons. The van der Waals surface area contributed by atoms with E-state index in [9.17, 15) is 4.79 Å². The zero-order chi connectivity index (χ0) is 30.0. The number of hydrogen-bond acceptors (Lipinski definition) is 5. The third-order valence-electron chi connectivity index (χ3n) is 11.3. The highest BCUT2D eigenvalue weighted by Crippen LogP contribution is 2.53. The van der Waals surface area contributed by atoms with E-state index in [0.717, 1.165) is 50.0 Å². The Morgan fingerprint density at radius 2 is 1.65 bits per heavy atom. The second-order valence-corrected chi connectivity index (χ2v) is 13.8. The molecule has 43 heavy (non-hydrogen) atoms. The fourth-order valence-electron chi connectivity index (χ4n) is 8.92. The Kier molecular flexibility index (Phi) is 7.07. The van der Waals surface area contributed by atoms with Crippen molar-refractivity contribution in [3.63, 3.8) is 0 Å². The van der Waals surface area contributed by atoms with E-state index in [1.54, 1.807) is 7.11 Å². The van der Waals surface area contributed by atoms with Crippen LogP contribution in [0.3, 0.4) is 0 Å². The van der Waals surface area contributed by atoms with Gasteiger partial charge in [-0.2, -0.15) is 0 Å². The van der Waals surface area contributed by atoms with E-state index in [2.05, 4.69) is 59.5 Å². The van der Waals surface area contributed by atoms with Crippen molar-refractivity contribution >= 4 is 22.8 Å². The summed E-state index contributed by atoms with van der Waals surface area (Å²) in [6.07, 6.45) is 8.20. The first-order chi connectivity index (χ1) is 20.7. The second-order valence-electron chi connectivity index (χ2n) is 13.8. The lowest BCUT2D eigenvalue weighted by molar-refractivity contribution is -0.149. The minimum atomic E-state index is -0.694. The smallest absolute Gasteiger partial charge is 0.337 e. The number of likely N-dealkylation sites (tertiary alicyclic amines) is 1. The lowest BCUT2D eigenvalue weighted by atomic mass is 9.72. The number of rotatable bonds is 4. The van der Waals surface area contributed by atoms with E-state index in [1.807, 2.05) is 12.1 Å². The van der Waals surface area contributed by atoms with Crippen molar-refractivity contribution in [3.8, 4) is 17.0 Å². The van der Waals surface area contributed by atoms with Crippen LogP contribution in [0.5, 0.6) is 5.75 Å². The van der Waals surface area contributed by atoms with Gasteiger partial charge in [-0.15, -0.1) is 0 Å². The standard InChI is InChI=1S/C36H45N3O4/c1-22-30-18-27(42-4)14-16-28(30)33-32(23-9-7-6-8-10-23)29-15-11-24(34(40)43-5)17-31(29)38(33)21-36(22,2)35(41)39-25-12-13-26(39)20-37(3)19-25/h11,14-18,22-23,25-26H,6-10,12-13,19-21H2,1-5H3/t22-,25?,26?,36-/m0/s1. The van der Waals surface area contributed by atoms with E-state index < -0.39 is 5.41 Å². The summed E-state index contributed by atoms with van der Waals surface area (Å²) in [6, 6.07) is 13.0. The number of amides is 1. The molecule has 3 aromatic rings. The molecule has 7 nitrogen and oxygen atoms in total.